The van der Waals surface area contributed by atoms with Crippen LogP contribution in [0.25, 0.3) is 0 Å². The number of benzene rings is 2. The molecular weight excluding hydrogens is 336 g/mol. The van der Waals surface area contributed by atoms with E-state index in [9.17, 15) is 9.90 Å². The molecule has 4 nitrogen and oxygen atoms in total. The van der Waals surface area contributed by atoms with E-state index in [1.165, 1.54) is 5.56 Å². The van der Waals surface area contributed by atoms with Crippen LogP contribution in [0, 0.1) is 13.8 Å². The minimum atomic E-state index is -0.869. The zero-order valence-corrected chi connectivity index (χ0v) is 16.1. The Morgan fingerprint density at radius 3 is 2.19 bits per heavy atom. The minimum Gasteiger partial charge on any atom is -0.478 e. The molecule has 0 fully saturated rings. The lowest BCUT2D eigenvalue weighted by Crippen LogP contribution is -2.19. The zero-order valence-electron chi connectivity index (χ0n) is 16.1. The number of nitrogens with zero attached hydrogens (tertiary/aromatic N) is 1. The summed E-state index contributed by atoms with van der Waals surface area (Å²) in [6.45, 7) is 7.19. The topological polar surface area (TPSA) is 54.3 Å². The first-order chi connectivity index (χ1) is 13.0. The Bertz CT molecular complexity index is 915. The summed E-state index contributed by atoms with van der Waals surface area (Å²) < 4.78 is 2.10. The summed E-state index contributed by atoms with van der Waals surface area (Å²) in [6, 6.07) is 20.5. The highest BCUT2D eigenvalue weighted by Gasteiger charge is 2.23. The van der Waals surface area contributed by atoms with Crippen LogP contribution >= 0.6 is 0 Å². The molecule has 2 aromatic carbocycles. The van der Waals surface area contributed by atoms with Gasteiger partial charge in [-0.3, -0.25) is 0 Å². The molecule has 1 atom stereocenters. The average Bonchev–Trinajstić information content (AvgIpc) is 2.92. The van der Waals surface area contributed by atoms with Crippen molar-refractivity contribution >= 4 is 5.97 Å². The maximum absolute atomic E-state index is 11.9. The van der Waals surface area contributed by atoms with E-state index in [1.807, 2.05) is 50.2 Å². The second-order valence-electron chi connectivity index (χ2n) is 6.91. The molecule has 3 aromatic rings. The van der Waals surface area contributed by atoms with Crippen LogP contribution in [0.1, 0.15) is 51.4 Å². The summed E-state index contributed by atoms with van der Waals surface area (Å²) >= 11 is 0. The van der Waals surface area contributed by atoms with Gasteiger partial charge in [0.25, 0.3) is 0 Å². The largest absolute Gasteiger partial charge is 0.478 e. The lowest BCUT2D eigenvalue weighted by atomic mass is 10.1. The van der Waals surface area contributed by atoms with Gasteiger partial charge in [0.1, 0.15) is 0 Å². The van der Waals surface area contributed by atoms with Crippen LogP contribution in [-0.2, 0) is 13.1 Å². The standard InChI is InChI=1S/C23H26N2O2/c1-16(20-12-8-5-9-13-20)24-14-21-17(2)25(18(3)22(21)23(26)27)15-19-10-6-4-7-11-19/h4-13,16,24H,14-15H2,1-3H3,(H,26,27)/t16-/m0/s1. The second kappa shape index (κ2) is 8.23. The van der Waals surface area contributed by atoms with Crippen molar-refractivity contribution in [1.82, 2.24) is 9.88 Å². The van der Waals surface area contributed by atoms with Crippen molar-refractivity contribution in [3.8, 4) is 0 Å². The Hall–Kier alpha value is -2.85. The molecular formula is C23H26N2O2. The van der Waals surface area contributed by atoms with Gasteiger partial charge < -0.3 is 15.0 Å². The lowest BCUT2D eigenvalue weighted by molar-refractivity contribution is 0.0694. The molecule has 27 heavy (non-hydrogen) atoms. The molecule has 1 aromatic heterocycles. The van der Waals surface area contributed by atoms with Crippen LogP contribution in [0.3, 0.4) is 0 Å². The van der Waals surface area contributed by atoms with E-state index in [0.717, 1.165) is 22.5 Å². The van der Waals surface area contributed by atoms with Crippen LogP contribution in [0.5, 0.6) is 0 Å². The highest BCUT2D eigenvalue weighted by Crippen LogP contribution is 2.25. The number of nitrogens with one attached hydrogen (secondary N) is 1. The number of aromatic carboxylic acids is 1. The molecule has 2 N–H and O–H groups in total. The predicted molar refractivity (Wildman–Crippen MR) is 108 cm³/mol. The van der Waals surface area contributed by atoms with Gasteiger partial charge in [0, 0.05) is 36.1 Å². The van der Waals surface area contributed by atoms with Crippen LogP contribution in [-0.4, -0.2) is 15.6 Å². The molecule has 0 aliphatic heterocycles. The fraction of sp³-hybridized carbons (Fsp3) is 0.261. The number of rotatable bonds is 7. The molecule has 0 aliphatic carbocycles. The summed E-state index contributed by atoms with van der Waals surface area (Å²) in [5.41, 5.74) is 5.42. The molecule has 140 valence electrons. The van der Waals surface area contributed by atoms with Gasteiger partial charge in [-0.05, 0) is 31.9 Å². The van der Waals surface area contributed by atoms with E-state index in [2.05, 4.69) is 41.1 Å². The number of hydrogen-bond acceptors (Lipinski definition) is 2. The summed E-state index contributed by atoms with van der Waals surface area (Å²) in [5.74, 6) is -0.869. The SMILES string of the molecule is Cc1c(CN[C@@H](C)c2ccccc2)c(C(=O)O)c(C)n1Cc1ccccc1. The van der Waals surface area contributed by atoms with Crippen molar-refractivity contribution in [3.05, 3.63) is 94.3 Å². The highest BCUT2D eigenvalue weighted by molar-refractivity contribution is 5.91. The van der Waals surface area contributed by atoms with Gasteiger partial charge in [0.15, 0.2) is 0 Å². The number of aromatic nitrogens is 1. The van der Waals surface area contributed by atoms with Crippen molar-refractivity contribution in [2.75, 3.05) is 0 Å². The number of carboxylic acid groups (broad SMARTS) is 1. The Balaban J connectivity index is 1.88. The molecule has 0 aliphatic rings. The maximum atomic E-state index is 11.9. The van der Waals surface area contributed by atoms with Crippen LogP contribution in [0.15, 0.2) is 60.7 Å². The Kier molecular flexibility index (Phi) is 5.77. The average molecular weight is 362 g/mol. The zero-order chi connectivity index (χ0) is 19.4. The normalized spacial score (nSPS) is 12.1. The Morgan fingerprint density at radius 2 is 1.59 bits per heavy atom. The van der Waals surface area contributed by atoms with E-state index < -0.39 is 5.97 Å². The molecule has 3 rings (SSSR count). The van der Waals surface area contributed by atoms with E-state index in [-0.39, 0.29) is 6.04 Å². The highest BCUT2D eigenvalue weighted by atomic mass is 16.4. The van der Waals surface area contributed by atoms with E-state index in [4.69, 9.17) is 0 Å². The number of carboxylic acids is 1. The molecule has 0 amide bonds. The molecule has 0 unspecified atom stereocenters. The molecule has 1 heterocycles. The Labute approximate surface area is 160 Å². The minimum absolute atomic E-state index is 0.144. The quantitative estimate of drug-likeness (QED) is 0.640. The van der Waals surface area contributed by atoms with Gasteiger partial charge in [-0.25, -0.2) is 4.79 Å². The van der Waals surface area contributed by atoms with Crippen LogP contribution in [0.4, 0.5) is 0 Å². The van der Waals surface area contributed by atoms with Crippen molar-refractivity contribution in [2.24, 2.45) is 0 Å². The summed E-state index contributed by atoms with van der Waals surface area (Å²) in [7, 11) is 0. The number of hydrogen-bond donors (Lipinski definition) is 2. The van der Waals surface area contributed by atoms with Gasteiger partial charge in [0.2, 0.25) is 0 Å². The van der Waals surface area contributed by atoms with Gasteiger partial charge in [-0.15, -0.1) is 0 Å². The number of carbonyl (C=O) groups is 1. The van der Waals surface area contributed by atoms with Crippen LogP contribution < -0.4 is 5.32 Å². The smallest absolute Gasteiger partial charge is 0.337 e. The van der Waals surface area contributed by atoms with Gasteiger partial charge >= 0.3 is 5.97 Å². The van der Waals surface area contributed by atoms with E-state index >= 15 is 0 Å². The van der Waals surface area contributed by atoms with Crippen molar-refractivity contribution in [3.63, 3.8) is 0 Å². The predicted octanol–water partition coefficient (Wildman–Crippen LogP) is 4.70. The van der Waals surface area contributed by atoms with Crippen molar-refractivity contribution in [2.45, 2.75) is 39.9 Å². The third-order valence-electron chi connectivity index (χ3n) is 5.19. The van der Waals surface area contributed by atoms with Gasteiger partial charge in [-0.1, -0.05) is 60.7 Å². The van der Waals surface area contributed by atoms with E-state index in [0.29, 0.717) is 18.7 Å². The summed E-state index contributed by atoms with van der Waals surface area (Å²) in [4.78, 5) is 11.9. The van der Waals surface area contributed by atoms with Crippen LogP contribution in [0.2, 0.25) is 0 Å². The molecule has 4 heteroatoms. The van der Waals surface area contributed by atoms with E-state index in [1.54, 1.807) is 0 Å². The molecule has 0 saturated heterocycles. The third kappa shape index (κ3) is 4.12. The fourth-order valence-electron chi connectivity index (χ4n) is 3.57. The second-order valence-corrected chi connectivity index (χ2v) is 6.91. The fourth-order valence-corrected chi connectivity index (χ4v) is 3.57. The Morgan fingerprint density at radius 1 is 1.00 bits per heavy atom. The maximum Gasteiger partial charge on any atom is 0.337 e. The first-order valence-electron chi connectivity index (χ1n) is 9.23. The first kappa shape index (κ1) is 18.9. The van der Waals surface area contributed by atoms with Gasteiger partial charge in [-0.2, -0.15) is 0 Å². The molecule has 0 spiro atoms. The third-order valence-corrected chi connectivity index (χ3v) is 5.19. The summed E-state index contributed by atoms with van der Waals surface area (Å²) in [5, 5.41) is 13.3. The molecule has 0 saturated carbocycles. The lowest BCUT2D eigenvalue weighted by Gasteiger charge is -2.15. The van der Waals surface area contributed by atoms with Crippen molar-refractivity contribution < 1.29 is 9.90 Å². The summed E-state index contributed by atoms with van der Waals surface area (Å²) in [6.07, 6.45) is 0. The van der Waals surface area contributed by atoms with Crippen molar-refractivity contribution in [1.29, 1.82) is 0 Å². The monoisotopic (exact) mass is 362 g/mol. The van der Waals surface area contributed by atoms with Gasteiger partial charge in [0.05, 0.1) is 5.56 Å². The molecule has 0 radical (unpaired) electrons. The molecule has 0 bridgehead atoms. The first-order valence-corrected chi connectivity index (χ1v) is 9.23.